The summed E-state index contributed by atoms with van der Waals surface area (Å²) in [5.41, 5.74) is 1.05. The predicted octanol–water partition coefficient (Wildman–Crippen LogP) is 3.18. The summed E-state index contributed by atoms with van der Waals surface area (Å²) >= 11 is 3.01. The Balaban J connectivity index is 1.51. The maximum atomic E-state index is 12.8. The van der Waals surface area contributed by atoms with E-state index in [0.29, 0.717) is 41.0 Å². The largest absolute Gasteiger partial charge is 0.330 e. The molecule has 11 heteroatoms. The molecule has 174 valence electrons. The molecule has 0 aromatic carbocycles. The molecule has 1 aliphatic carbocycles. The second-order valence-corrected chi connectivity index (χ2v) is 10.3. The lowest BCUT2D eigenvalue weighted by Crippen LogP contribution is -2.31. The lowest BCUT2D eigenvalue weighted by atomic mass is 9.97. The zero-order valence-electron chi connectivity index (χ0n) is 18.7. The van der Waals surface area contributed by atoms with Crippen LogP contribution in [0.2, 0.25) is 0 Å². The summed E-state index contributed by atoms with van der Waals surface area (Å²) in [7, 11) is 0. The van der Waals surface area contributed by atoms with Gasteiger partial charge in [-0.2, -0.15) is 0 Å². The zero-order valence-corrected chi connectivity index (χ0v) is 20.3. The van der Waals surface area contributed by atoms with Crippen LogP contribution in [-0.4, -0.2) is 29.1 Å². The number of unbranched alkanes of at least 4 members (excludes halogenated alkanes) is 1. The SMILES string of the molecule is CCCCn1c(=O)[nH]c(=O)c2c1nc(CSc1nc3sc4c(c3c(=O)[nH]1)CCCC4)n2CC. The van der Waals surface area contributed by atoms with E-state index in [4.69, 9.17) is 4.98 Å². The van der Waals surface area contributed by atoms with Gasteiger partial charge in [0.05, 0.1) is 11.1 Å². The van der Waals surface area contributed by atoms with Crippen LogP contribution in [0.1, 0.15) is 55.8 Å². The summed E-state index contributed by atoms with van der Waals surface area (Å²) in [4.78, 5) is 54.7. The van der Waals surface area contributed by atoms with E-state index in [9.17, 15) is 14.4 Å². The second-order valence-electron chi connectivity index (χ2n) is 8.26. The van der Waals surface area contributed by atoms with E-state index < -0.39 is 11.2 Å². The number of hydrogen-bond donors (Lipinski definition) is 2. The fourth-order valence-corrected chi connectivity index (χ4v) is 6.66. The number of hydrogen-bond acceptors (Lipinski definition) is 7. The van der Waals surface area contributed by atoms with Crippen LogP contribution in [0.25, 0.3) is 21.4 Å². The zero-order chi connectivity index (χ0) is 23.1. The van der Waals surface area contributed by atoms with Gasteiger partial charge in [-0.3, -0.25) is 19.1 Å². The number of thioether (sulfide) groups is 1. The molecule has 0 atom stereocenters. The minimum atomic E-state index is -0.431. The molecule has 33 heavy (non-hydrogen) atoms. The molecule has 0 amide bonds. The smallest absolute Gasteiger partial charge is 0.322 e. The highest BCUT2D eigenvalue weighted by Crippen LogP contribution is 2.34. The molecule has 0 bridgehead atoms. The van der Waals surface area contributed by atoms with Crippen LogP contribution in [0.15, 0.2) is 19.5 Å². The Labute approximate surface area is 197 Å². The van der Waals surface area contributed by atoms with Crippen molar-refractivity contribution in [3.05, 3.63) is 47.5 Å². The molecule has 0 spiro atoms. The Morgan fingerprint density at radius 3 is 2.64 bits per heavy atom. The third kappa shape index (κ3) is 3.86. The molecule has 2 N–H and O–H groups in total. The van der Waals surface area contributed by atoms with E-state index in [1.165, 1.54) is 22.2 Å². The molecule has 0 radical (unpaired) electrons. The summed E-state index contributed by atoms with van der Waals surface area (Å²) in [6.45, 7) is 5.04. The molecule has 0 saturated carbocycles. The van der Waals surface area contributed by atoms with Gasteiger partial charge < -0.3 is 9.55 Å². The van der Waals surface area contributed by atoms with E-state index in [-0.39, 0.29) is 5.56 Å². The van der Waals surface area contributed by atoms with Gasteiger partial charge in [0.15, 0.2) is 16.3 Å². The van der Waals surface area contributed by atoms with Gasteiger partial charge in [-0.25, -0.2) is 14.8 Å². The maximum absolute atomic E-state index is 12.8. The number of fused-ring (bicyclic) bond motifs is 4. The summed E-state index contributed by atoms with van der Waals surface area (Å²) in [5, 5.41) is 1.28. The molecular formula is C22H26N6O3S2. The number of nitrogens with zero attached hydrogens (tertiary/aromatic N) is 4. The lowest BCUT2D eigenvalue weighted by molar-refractivity contribution is 0.613. The number of thiophene rings is 1. The average molecular weight is 487 g/mol. The third-order valence-electron chi connectivity index (χ3n) is 6.16. The summed E-state index contributed by atoms with van der Waals surface area (Å²) < 4.78 is 3.38. The quantitative estimate of drug-likeness (QED) is 0.306. The fourth-order valence-electron chi connectivity index (χ4n) is 4.54. The van der Waals surface area contributed by atoms with Gasteiger partial charge in [-0.15, -0.1) is 11.3 Å². The first-order valence-electron chi connectivity index (χ1n) is 11.4. The highest BCUT2D eigenvalue weighted by molar-refractivity contribution is 7.98. The molecule has 4 heterocycles. The first kappa shape index (κ1) is 22.1. The second kappa shape index (κ2) is 8.94. The van der Waals surface area contributed by atoms with E-state index in [2.05, 4.69) is 21.9 Å². The Morgan fingerprint density at radius 1 is 1.03 bits per heavy atom. The van der Waals surface area contributed by atoms with Crippen molar-refractivity contribution in [3.63, 3.8) is 0 Å². The molecule has 0 unspecified atom stereocenters. The van der Waals surface area contributed by atoms with E-state index in [0.717, 1.165) is 48.7 Å². The van der Waals surface area contributed by atoms with Gasteiger partial charge in [0.1, 0.15) is 10.7 Å². The molecule has 9 nitrogen and oxygen atoms in total. The van der Waals surface area contributed by atoms with E-state index in [1.54, 1.807) is 15.9 Å². The molecule has 4 aromatic heterocycles. The number of rotatable bonds is 7. The molecule has 0 saturated heterocycles. The van der Waals surface area contributed by atoms with Gasteiger partial charge in [0, 0.05) is 18.0 Å². The van der Waals surface area contributed by atoms with Crippen LogP contribution in [-0.2, 0) is 31.7 Å². The van der Waals surface area contributed by atoms with Crippen molar-refractivity contribution in [1.82, 2.24) is 29.1 Å². The van der Waals surface area contributed by atoms with E-state index >= 15 is 0 Å². The van der Waals surface area contributed by atoms with Crippen LogP contribution in [0.3, 0.4) is 0 Å². The average Bonchev–Trinajstić information content (AvgIpc) is 3.36. The Morgan fingerprint density at radius 2 is 1.85 bits per heavy atom. The van der Waals surface area contributed by atoms with Crippen LogP contribution in [0.4, 0.5) is 0 Å². The number of aromatic amines is 2. The summed E-state index contributed by atoms with van der Waals surface area (Å²) in [6.07, 6.45) is 5.99. The van der Waals surface area contributed by atoms with Gasteiger partial charge in [0.2, 0.25) is 0 Å². The number of H-pyrrole nitrogens is 2. The predicted molar refractivity (Wildman–Crippen MR) is 132 cm³/mol. The summed E-state index contributed by atoms with van der Waals surface area (Å²) in [6, 6.07) is 0. The molecule has 4 aromatic rings. The van der Waals surface area contributed by atoms with Crippen molar-refractivity contribution in [2.75, 3.05) is 0 Å². The van der Waals surface area contributed by atoms with Crippen LogP contribution in [0.5, 0.6) is 0 Å². The van der Waals surface area contributed by atoms with Crippen LogP contribution >= 0.6 is 23.1 Å². The summed E-state index contributed by atoms with van der Waals surface area (Å²) in [5.74, 6) is 1.09. The number of nitrogens with one attached hydrogen (secondary N) is 2. The Kier molecular flexibility index (Phi) is 6.00. The van der Waals surface area contributed by atoms with Crippen molar-refractivity contribution >= 4 is 44.5 Å². The molecule has 0 aliphatic heterocycles. The highest BCUT2D eigenvalue weighted by atomic mass is 32.2. The Hall–Kier alpha value is -2.66. The minimum absolute atomic E-state index is 0.0873. The highest BCUT2D eigenvalue weighted by Gasteiger charge is 2.21. The first-order chi connectivity index (χ1) is 16.0. The first-order valence-corrected chi connectivity index (χ1v) is 13.2. The van der Waals surface area contributed by atoms with Gasteiger partial charge in [-0.05, 0) is 44.6 Å². The number of aryl methyl sites for hydroxylation is 4. The van der Waals surface area contributed by atoms with Crippen LogP contribution in [0, 0.1) is 0 Å². The van der Waals surface area contributed by atoms with Gasteiger partial charge in [-0.1, -0.05) is 25.1 Å². The topological polar surface area (TPSA) is 118 Å². The maximum Gasteiger partial charge on any atom is 0.330 e. The molecule has 1 aliphatic rings. The minimum Gasteiger partial charge on any atom is -0.322 e. The molecular weight excluding hydrogens is 460 g/mol. The van der Waals surface area contributed by atoms with E-state index in [1.807, 2.05) is 11.5 Å². The number of imidazole rings is 1. The van der Waals surface area contributed by atoms with Crippen molar-refractivity contribution in [2.45, 2.75) is 76.4 Å². The fraction of sp³-hybridized carbons (Fsp3) is 0.500. The van der Waals surface area contributed by atoms with Gasteiger partial charge >= 0.3 is 5.69 Å². The third-order valence-corrected chi connectivity index (χ3v) is 8.21. The monoisotopic (exact) mass is 486 g/mol. The van der Waals surface area contributed by atoms with Crippen molar-refractivity contribution in [2.24, 2.45) is 0 Å². The van der Waals surface area contributed by atoms with Crippen molar-refractivity contribution < 1.29 is 0 Å². The van der Waals surface area contributed by atoms with Crippen molar-refractivity contribution in [3.8, 4) is 0 Å². The molecule has 5 rings (SSSR count). The van der Waals surface area contributed by atoms with Gasteiger partial charge in [0.25, 0.3) is 11.1 Å². The standard InChI is InChI=1S/C22H26N6O3S2/c1-3-5-10-28-17-16(19(30)25-22(28)31)27(4-2)14(23-17)11-32-21-24-18(29)15-12-8-6-7-9-13(12)33-20(15)26-21/h3-11H2,1-2H3,(H,24,26,29)(H,25,30,31). The normalized spacial score (nSPS) is 13.8. The number of aromatic nitrogens is 6. The lowest BCUT2D eigenvalue weighted by Gasteiger charge is -2.09. The van der Waals surface area contributed by atoms with Crippen molar-refractivity contribution in [1.29, 1.82) is 0 Å². The van der Waals surface area contributed by atoms with Crippen LogP contribution < -0.4 is 16.8 Å². The molecule has 0 fully saturated rings. The Bertz CT molecular complexity index is 1520.